The maximum absolute atomic E-state index is 10.8. The summed E-state index contributed by atoms with van der Waals surface area (Å²) in [5.74, 6) is 0. The van der Waals surface area contributed by atoms with Gasteiger partial charge in [0.2, 0.25) is 0 Å². The normalized spacial score (nSPS) is 12.0. The molecule has 0 aliphatic heterocycles. The average molecular weight is 353 g/mol. The molecule has 0 saturated heterocycles. The summed E-state index contributed by atoms with van der Waals surface area (Å²) in [5.41, 5.74) is 2.75. The zero-order valence-electron chi connectivity index (χ0n) is 11.3. The fourth-order valence-corrected chi connectivity index (χ4v) is 2.83. The third-order valence-corrected chi connectivity index (χ3v) is 4.49. The molecular formula is C16H15BrClNO. The third-order valence-electron chi connectivity index (χ3n) is 3.45. The van der Waals surface area contributed by atoms with E-state index in [-0.39, 0.29) is 6.04 Å². The fourth-order valence-electron chi connectivity index (χ4n) is 2.08. The second kappa shape index (κ2) is 6.42. The summed E-state index contributed by atoms with van der Waals surface area (Å²) in [4.78, 5) is 13.0. The molecule has 0 heterocycles. The summed E-state index contributed by atoms with van der Waals surface area (Å²) >= 11 is 9.66. The molecule has 0 aliphatic carbocycles. The van der Waals surface area contributed by atoms with Gasteiger partial charge in [0.1, 0.15) is 0 Å². The molecule has 0 amide bonds. The minimum Gasteiger partial charge on any atom is -0.368 e. The van der Waals surface area contributed by atoms with Gasteiger partial charge in [-0.3, -0.25) is 4.79 Å². The quantitative estimate of drug-likeness (QED) is 0.712. The van der Waals surface area contributed by atoms with Gasteiger partial charge in [0.25, 0.3) is 0 Å². The van der Waals surface area contributed by atoms with Gasteiger partial charge in [-0.15, -0.1) is 0 Å². The van der Waals surface area contributed by atoms with E-state index in [4.69, 9.17) is 11.6 Å². The lowest BCUT2D eigenvalue weighted by atomic mass is 10.1. The SMILES string of the molecule is CC(c1ccccc1Cl)N(C)c1ccc(C=O)c(Br)c1. The number of hydrogen-bond donors (Lipinski definition) is 0. The van der Waals surface area contributed by atoms with Crippen LogP contribution in [0.15, 0.2) is 46.9 Å². The van der Waals surface area contributed by atoms with Crippen molar-refractivity contribution in [2.75, 3.05) is 11.9 Å². The van der Waals surface area contributed by atoms with E-state index in [1.54, 1.807) is 0 Å². The molecule has 20 heavy (non-hydrogen) atoms. The number of carbonyl (C=O) groups excluding carboxylic acids is 1. The molecule has 0 bridgehead atoms. The van der Waals surface area contributed by atoms with Crippen molar-refractivity contribution in [1.82, 2.24) is 0 Å². The molecule has 0 spiro atoms. The van der Waals surface area contributed by atoms with Crippen LogP contribution in [0.4, 0.5) is 5.69 Å². The Balaban J connectivity index is 2.31. The molecule has 104 valence electrons. The Morgan fingerprint density at radius 1 is 1.25 bits per heavy atom. The van der Waals surface area contributed by atoms with E-state index >= 15 is 0 Å². The number of rotatable bonds is 4. The number of nitrogens with zero attached hydrogens (tertiary/aromatic N) is 1. The number of hydrogen-bond acceptors (Lipinski definition) is 2. The molecule has 0 aliphatic rings. The van der Waals surface area contributed by atoms with Crippen molar-refractivity contribution in [3.8, 4) is 0 Å². The van der Waals surface area contributed by atoms with Crippen LogP contribution in [-0.4, -0.2) is 13.3 Å². The minimum atomic E-state index is 0.137. The first-order chi connectivity index (χ1) is 9.54. The molecule has 2 aromatic carbocycles. The molecule has 0 radical (unpaired) electrons. The van der Waals surface area contributed by atoms with Crippen molar-refractivity contribution in [3.63, 3.8) is 0 Å². The van der Waals surface area contributed by atoms with Gasteiger partial charge in [-0.1, -0.05) is 29.8 Å². The third kappa shape index (κ3) is 3.05. The zero-order chi connectivity index (χ0) is 14.7. The highest BCUT2D eigenvalue weighted by Crippen LogP contribution is 2.31. The van der Waals surface area contributed by atoms with Crippen LogP contribution in [0.2, 0.25) is 5.02 Å². The Bertz CT molecular complexity index is 630. The van der Waals surface area contributed by atoms with E-state index in [9.17, 15) is 4.79 Å². The van der Waals surface area contributed by atoms with Crippen molar-refractivity contribution in [1.29, 1.82) is 0 Å². The van der Waals surface area contributed by atoms with Gasteiger partial charge in [0, 0.05) is 27.8 Å². The Labute approximate surface area is 132 Å². The lowest BCUT2D eigenvalue weighted by molar-refractivity contribution is 0.112. The topological polar surface area (TPSA) is 20.3 Å². The number of anilines is 1. The summed E-state index contributed by atoms with van der Waals surface area (Å²) in [6, 6.07) is 13.6. The maximum Gasteiger partial charge on any atom is 0.151 e. The molecule has 1 unspecified atom stereocenters. The first-order valence-electron chi connectivity index (χ1n) is 6.26. The molecule has 0 saturated carbocycles. The Hall–Kier alpha value is -1.32. The number of benzene rings is 2. The van der Waals surface area contributed by atoms with Crippen molar-refractivity contribution in [2.45, 2.75) is 13.0 Å². The Morgan fingerprint density at radius 3 is 2.55 bits per heavy atom. The monoisotopic (exact) mass is 351 g/mol. The highest BCUT2D eigenvalue weighted by atomic mass is 79.9. The second-order valence-electron chi connectivity index (χ2n) is 4.63. The summed E-state index contributed by atoms with van der Waals surface area (Å²) < 4.78 is 0.795. The molecule has 2 aromatic rings. The van der Waals surface area contributed by atoms with Gasteiger partial charge in [0.05, 0.1) is 6.04 Å². The standard InChI is InChI=1S/C16H15BrClNO/c1-11(14-5-3-4-6-16(14)18)19(2)13-8-7-12(10-20)15(17)9-13/h3-11H,1-2H3. The lowest BCUT2D eigenvalue weighted by Gasteiger charge is -2.28. The van der Waals surface area contributed by atoms with E-state index in [0.717, 1.165) is 27.0 Å². The Kier molecular flexibility index (Phi) is 4.84. The van der Waals surface area contributed by atoms with E-state index in [2.05, 4.69) is 27.8 Å². The van der Waals surface area contributed by atoms with Gasteiger partial charge < -0.3 is 4.90 Å². The van der Waals surface area contributed by atoms with Crippen molar-refractivity contribution >= 4 is 39.5 Å². The zero-order valence-corrected chi connectivity index (χ0v) is 13.6. The van der Waals surface area contributed by atoms with Crippen LogP contribution in [0.3, 0.4) is 0 Å². The molecule has 2 nitrogen and oxygen atoms in total. The summed E-state index contributed by atoms with van der Waals surface area (Å²) in [6.45, 7) is 2.10. The van der Waals surface area contributed by atoms with E-state index in [0.29, 0.717) is 5.56 Å². The second-order valence-corrected chi connectivity index (χ2v) is 5.89. The van der Waals surface area contributed by atoms with Gasteiger partial charge in [-0.05, 0) is 52.7 Å². The average Bonchev–Trinajstić information content (AvgIpc) is 2.46. The van der Waals surface area contributed by atoms with Crippen molar-refractivity contribution in [2.24, 2.45) is 0 Å². The van der Waals surface area contributed by atoms with Crippen LogP contribution >= 0.6 is 27.5 Å². The maximum atomic E-state index is 10.8. The number of halogens is 2. The molecule has 0 N–H and O–H groups in total. The predicted molar refractivity (Wildman–Crippen MR) is 87.8 cm³/mol. The fraction of sp³-hybridized carbons (Fsp3) is 0.188. The largest absolute Gasteiger partial charge is 0.368 e. The molecule has 1 atom stereocenters. The first kappa shape index (κ1) is 15.1. The van der Waals surface area contributed by atoms with E-state index in [1.165, 1.54) is 0 Å². The number of aldehydes is 1. The number of carbonyl (C=O) groups is 1. The van der Waals surface area contributed by atoms with Crippen LogP contribution < -0.4 is 4.90 Å². The highest BCUT2D eigenvalue weighted by Gasteiger charge is 2.15. The van der Waals surface area contributed by atoms with Gasteiger partial charge in [-0.25, -0.2) is 0 Å². The van der Waals surface area contributed by atoms with Crippen molar-refractivity contribution < 1.29 is 4.79 Å². The molecular weight excluding hydrogens is 338 g/mol. The van der Waals surface area contributed by atoms with Gasteiger partial charge in [0.15, 0.2) is 6.29 Å². The van der Waals surface area contributed by atoms with Crippen LogP contribution in [-0.2, 0) is 0 Å². The van der Waals surface area contributed by atoms with E-state index in [1.807, 2.05) is 49.5 Å². The highest BCUT2D eigenvalue weighted by molar-refractivity contribution is 9.10. The van der Waals surface area contributed by atoms with Crippen LogP contribution in [0.5, 0.6) is 0 Å². The molecule has 0 aromatic heterocycles. The van der Waals surface area contributed by atoms with Crippen molar-refractivity contribution in [3.05, 3.63) is 63.1 Å². The van der Waals surface area contributed by atoms with Crippen LogP contribution in [0.25, 0.3) is 0 Å². The van der Waals surface area contributed by atoms with Crippen LogP contribution in [0.1, 0.15) is 28.9 Å². The molecule has 2 rings (SSSR count). The summed E-state index contributed by atoms with van der Waals surface area (Å²) in [6.07, 6.45) is 0.839. The first-order valence-corrected chi connectivity index (χ1v) is 7.43. The smallest absolute Gasteiger partial charge is 0.151 e. The molecule has 4 heteroatoms. The Morgan fingerprint density at radius 2 is 1.95 bits per heavy atom. The van der Waals surface area contributed by atoms with Gasteiger partial charge >= 0.3 is 0 Å². The van der Waals surface area contributed by atoms with Gasteiger partial charge in [-0.2, -0.15) is 0 Å². The summed E-state index contributed by atoms with van der Waals surface area (Å²) in [7, 11) is 2.01. The predicted octanol–water partition coefficient (Wildman–Crippen LogP) is 5.11. The summed E-state index contributed by atoms with van der Waals surface area (Å²) in [5, 5.41) is 0.760. The minimum absolute atomic E-state index is 0.137. The van der Waals surface area contributed by atoms with E-state index < -0.39 is 0 Å². The lowest BCUT2D eigenvalue weighted by Crippen LogP contribution is -2.21. The molecule has 0 fully saturated rings. The van der Waals surface area contributed by atoms with Crippen LogP contribution in [0, 0.1) is 0 Å².